The smallest absolute Gasteiger partial charge is 0.267 e. The van der Waals surface area contributed by atoms with Crippen LogP contribution in [-0.4, -0.2) is 17.8 Å². The van der Waals surface area contributed by atoms with E-state index in [1.807, 2.05) is 0 Å². The van der Waals surface area contributed by atoms with Gasteiger partial charge in [-0.05, 0) is 32.6 Å². The van der Waals surface area contributed by atoms with Crippen molar-refractivity contribution in [3.05, 3.63) is 18.7 Å². The molecule has 1 unspecified atom stereocenters. The van der Waals surface area contributed by atoms with Crippen LogP contribution in [0.2, 0.25) is 0 Å². The Morgan fingerprint density at radius 1 is 1.08 bits per heavy atom. The maximum absolute atomic E-state index is 10.4. The van der Waals surface area contributed by atoms with Crippen molar-refractivity contribution in [3.63, 3.8) is 0 Å². The van der Waals surface area contributed by atoms with Crippen LogP contribution in [-0.2, 0) is 27.2 Å². The Kier molecular flexibility index (Phi) is 14.1. The number of aryl methyl sites for hydroxylation is 1. The molecule has 0 radical (unpaired) electrons. The highest BCUT2D eigenvalue weighted by atomic mass is 31.2. The highest BCUT2D eigenvalue weighted by Crippen LogP contribution is 2.37. The first kappa shape index (κ1) is 24.3. The second-order valence-electron chi connectivity index (χ2n) is 6.21. The van der Waals surface area contributed by atoms with Crippen LogP contribution >= 0.6 is 7.82 Å². The van der Waals surface area contributed by atoms with E-state index in [9.17, 15) is 9.46 Å². The Balaban J connectivity index is 0.000000547. The van der Waals surface area contributed by atoms with E-state index in [1.54, 1.807) is 13.8 Å². The lowest BCUT2D eigenvalue weighted by molar-refractivity contribution is -0.671. The fourth-order valence-corrected chi connectivity index (χ4v) is 3.39. The largest absolute Gasteiger partial charge is 0.756 e. The van der Waals surface area contributed by atoms with E-state index in [-0.39, 0.29) is 13.2 Å². The summed E-state index contributed by atoms with van der Waals surface area (Å²) in [5, 5.41) is 0. The molecule has 1 heterocycles. The summed E-state index contributed by atoms with van der Waals surface area (Å²) >= 11 is 0. The van der Waals surface area contributed by atoms with Gasteiger partial charge in [0.1, 0.15) is 12.4 Å². The van der Waals surface area contributed by atoms with Crippen LogP contribution in [0.3, 0.4) is 0 Å². The molecular weight excluding hydrogens is 339 g/mol. The van der Waals surface area contributed by atoms with E-state index >= 15 is 0 Å². The molecule has 1 rings (SSSR count). The van der Waals surface area contributed by atoms with Gasteiger partial charge in [-0.2, -0.15) is 0 Å². The lowest BCUT2D eigenvalue weighted by atomic mass is 9.96. The molecule has 0 spiro atoms. The van der Waals surface area contributed by atoms with E-state index in [2.05, 4.69) is 57.8 Å². The molecule has 0 aliphatic heterocycles. The summed E-state index contributed by atoms with van der Waals surface area (Å²) in [4.78, 5) is 10.4. The third kappa shape index (κ3) is 13.2. The maximum atomic E-state index is 10.4. The van der Waals surface area contributed by atoms with Crippen LogP contribution in [0.25, 0.3) is 0 Å². The van der Waals surface area contributed by atoms with E-state index in [0.717, 1.165) is 5.92 Å². The van der Waals surface area contributed by atoms with Crippen molar-refractivity contribution >= 4 is 7.82 Å². The molecule has 7 heteroatoms. The van der Waals surface area contributed by atoms with Gasteiger partial charge in [0.2, 0.25) is 6.33 Å². The second-order valence-corrected chi connectivity index (χ2v) is 7.62. The average Bonchev–Trinajstić information content (AvgIpc) is 2.93. The Morgan fingerprint density at radius 3 is 2.16 bits per heavy atom. The second kappa shape index (κ2) is 14.5. The number of phosphoric acid groups is 1. The predicted molar refractivity (Wildman–Crippen MR) is 99.0 cm³/mol. The normalized spacial score (nSPS) is 12.6. The summed E-state index contributed by atoms with van der Waals surface area (Å²) < 4.78 is 23.4. The van der Waals surface area contributed by atoms with Crippen LogP contribution in [0, 0.1) is 5.92 Å². The molecule has 0 bridgehead atoms. The molecule has 1 aromatic rings. The highest BCUT2D eigenvalue weighted by molar-refractivity contribution is 7.45. The quantitative estimate of drug-likeness (QED) is 0.316. The number of hydrogen-bond donors (Lipinski definition) is 0. The monoisotopic (exact) mass is 376 g/mol. The van der Waals surface area contributed by atoms with Gasteiger partial charge in [0.25, 0.3) is 7.82 Å². The zero-order valence-electron chi connectivity index (χ0n) is 16.6. The minimum atomic E-state index is -3.94. The molecule has 1 atom stereocenters. The molecule has 1 aromatic heterocycles. The Labute approximate surface area is 153 Å². The number of nitrogens with zero attached hydrogens (tertiary/aromatic N) is 2. The number of hydrogen-bond acceptors (Lipinski definition) is 4. The van der Waals surface area contributed by atoms with Crippen molar-refractivity contribution in [2.24, 2.45) is 13.0 Å². The third-order valence-corrected chi connectivity index (χ3v) is 4.93. The summed E-state index contributed by atoms with van der Waals surface area (Å²) in [6.45, 7) is 9.19. The van der Waals surface area contributed by atoms with Crippen LogP contribution in [0.4, 0.5) is 0 Å². The molecule has 0 aromatic carbocycles. The van der Waals surface area contributed by atoms with E-state index in [4.69, 9.17) is 0 Å². The summed E-state index contributed by atoms with van der Waals surface area (Å²) in [6.07, 6.45) is 14.7. The van der Waals surface area contributed by atoms with Crippen molar-refractivity contribution < 1.29 is 23.1 Å². The zero-order chi connectivity index (χ0) is 19.1. The number of unbranched alkanes of at least 4 members (excludes halogenated alkanes) is 2. The first-order chi connectivity index (χ1) is 11.9. The minimum Gasteiger partial charge on any atom is -0.756 e. The van der Waals surface area contributed by atoms with Crippen molar-refractivity contribution in [1.82, 2.24) is 4.57 Å². The number of phosphoric ester groups is 1. The van der Waals surface area contributed by atoms with Gasteiger partial charge in [-0.15, -0.1) is 0 Å². The first-order valence-electron chi connectivity index (χ1n) is 9.49. The Hall–Kier alpha value is -0.680. The highest BCUT2D eigenvalue weighted by Gasteiger charge is 2.11. The standard InChI is InChI=1S/C14H27N2.C4H11O4P/c1-4-6-7-9-14(8-5-2)12-16-11-10-15(3)13-16;1-3-7-9(5,6)8-4-2/h10-11,13-14H,4-9,12H2,1-3H3;3-4H2,1-2H3,(H,5,6)/q+1;/p-1. The number of rotatable bonds is 12. The zero-order valence-corrected chi connectivity index (χ0v) is 17.5. The van der Waals surface area contributed by atoms with E-state index < -0.39 is 7.82 Å². The SMILES string of the molecule is CCCCCC(CCC)Cn1cc[n+](C)c1.CCOP(=O)([O-])OCC. The van der Waals surface area contributed by atoms with Gasteiger partial charge in [0, 0.05) is 0 Å². The van der Waals surface area contributed by atoms with Crippen molar-refractivity contribution in [3.8, 4) is 0 Å². The molecule has 6 nitrogen and oxygen atoms in total. The molecule has 0 amide bonds. The van der Waals surface area contributed by atoms with Gasteiger partial charge < -0.3 is 13.9 Å². The van der Waals surface area contributed by atoms with Gasteiger partial charge in [-0.3, -0.25) is 4.57 Å². The summed E-state index contributed by atoms with van der Waals surface area (Å²) in [7, 11) is -1.86. The molecule has 0 fully saturated rings. The molecule has 0 N–H and O–H groups in total. The van der Waals surface area contributed by atoms with Gasteiger partial charge in [-0.1, -0.05) is 39.5 Å². The maximum Gasteiger partial charge on any atom is 0.267 e. The van der Waals surface area contributed by atoms with Gasteiger partial charge in [0.05, 0.1) is 26.8 Å². The van der Waals surface area contributed by atoms with Crippen LogP contribution < -0.4 is 9.46 Å². The fourth-order valence-electron chi connectivity index (χ4n) is 2.68. The van der Waals surface area contributed by atoms with Gasteiger partial charge in [-0.25, -0.2) is 9.13 Å². The molecule has 0 aliphatic carbocycles. The summed E-state index contributed by atoms with van der Waals surface area (Å²) in [5.74, 6) is 0.865. The van der Waals surface area contributed by atoms with Crippen molar-refractivity contribution in [1.29, 1.82) is 0 Å². The van der Waals surface area contributed by atoms with Crippen LogP contribution in [0.5, 0.6) is 0 Å². The van der Waals surface area contributed by atoms with Crippen molar-refractivity contribution in [2.45, 2.75) is 72.8 Å². The van der Waals surface area contributed by atoms with Gasteiger partial charge >= 0.3 is 0 Å². The van der Waals surface area contributed by atoms with Crippen molar-refractivity contribution in [2.75, 3.05) is 13.2 Å². The fraction of sp³-hybridized carbons (Fsp3) is 0.833. The van der Waals surface area contributed by atoms with E-state index in [0.29, 0.717) is 0 Å². The molecule has 25 heavy (non-hydrogen) atoms. The lowest BCUT2D eigenvalue weighted by Gasteiger charge is -2.20. The first-order valence-corrected chi connectivity index (χ1v) is 11.0. The minimum absolute atomic E-state index is 0.126. The molecule has 0 saturated heterocycles. The Bertz CT molecular complexity index is 469. The molecular formula is C18H37N2O4P. The average molecular weight is 376 g/mol. The number of aromatic nitrogens is 2. The Morgan fingerprint density at radius 2 is 1.72 bits per heavy atom. The van der Waals surface area contributed by atoms with Crippen LogP contribution in [0.1, 0.15) is 66.2 Å². The number of imidazole rings is 1. The topological polar surface area (TPSA) is 67.4 Å². The molecule has 148 valence electrons. The predicted octanol–water partition coefficient (Wildman–Crippen LogP) is 3.84. The molecule has 0 aliphatic rings. The third-order valence-electron chi connectivity index (χ3n) is 3.78. The van der Waals surface area contributed by atoms with Gasteiger partial charge in [0.15, 0.2) is 0 Å². The molecule has 0 saturated carbocycles. The summed E-state index contributed by atoms with van der Waals surface area (Å²) in [5.41, 5.74) is 0. The van der Waals surface area contributed by atoms with E-state index in [1.165, 1.54) is 45.1 Å². The summed E-state index contributed by atoms with van der Waals surface area (Å²) in [6, 6.07) is 0. The lowest BCUT2D eigenvalue weighted by Crippen LogP contribution is -2.24. The van der Waals surface area contributed by atoms with Crippen LogP contribution in [0.15, 0.2) is 18.7 Å².